The molecule has 0 bridgehead atoms. The van der Waals surface area contributed by atoms with Gasteiger partial charge in [0.15, 0.2) is 0 Å². The highest BCUT2D eigenvalue weighted by atomic mass is 35.5. The van der Waals surface area contributed by atoms with Gasteiger partial charge in [0.2, 0.25) is 0 Å². The van der Waals surface area contributed by atoms with Crippen molar-refractivity contribution in [2.45, 2.75) is 25.8 Å². The standard InChI is InChI=1S/C10H14ClN/c1-2-9(12)7-8-5-3-4-6-10(8)11/h3-6,9H,2,7,12H2,1H3/t9-/m1/s1. The predicted octanol–water partition coefficient (Wildman–Crippen LogP) is 2.62. The molecule has 1 rings (SSSR count). The van der Waals surface area contributed by atoms with E-state index in [0.29, 0.717) is 0 Å². The van der Waals surface area contributed by atoms with E-state index in [9.17, 15) is 0 Å². The van der Waals surface area contributed by atoms with Gasteiger partial charge in [-0.25, -0.2) is 0 Å². The summed E-state index contributed by atoms with van der Waals surface area (Å²) in [6.07, 6.45) is 1.86. The Kier molecular flexibility index (Phi) is 3.57. The maximum atomic E-state index is 5.97. The Morgan fingerprint density at radius 3 is 2.67 bits per heavy atom. The second-order valence-corrected chi connectivity index (χ2v) is 3.37. The van der Waals surface area contributed by atoms with E-state index >= 15 is 0 Å². The summed E-state index contributed by atoms with van der Waals surface area (Å²) in [4.78, 5) is 0. The highest BCUT2D eigenvalue weighted by Crippen LogP contribution is 2.16. The first-order valence-electron chi connectivity index (χ1n) is 4.23. The van der Waals surface area contributed by atoms with Crippen LogP contribution in [-0.4, -0.2) is 6.04 Å². The minimum atomic E-state index is 0.227. The first kappa shape index (κ1) is 9.56. The summed E-state index contributed by atoms with van der Waals surface area (Å²) in [5.41, 5.74) is 6.96. The van der Waals surface area contributed by atoms with Crippen molar-refractivity contribution in [3.05, 3.63) is 34.9 Å². The van der Waals surface area contributed by atoms with Gasteiger partial charge in [0, 0.05) is 11.1 Å². The van der Waals surface area contributed by atoms with Gasteiger partial charge in [-0.15, -0.1) is 0 Å². The monoisotopic (exact) mass is 183 g/mol. The Bertz CT molecular complexity index is 247. The van der Waals surface area contributed by atoms with Gasteiger partial charge in [-0.2, -0.15) is 0 Å². The molecule has 2 N–H and O–H groups in total. The van der Waals surface area contributed by atoms with Gasteiger partial charge in [-0.05, 0) is 24.5 Å². The maximum absolute atomic E-state index is 5.97. The topological polar surface area (TPSA) is 26.0 Å². The van der Waals surface area contributed by atoms with Crippen molar-refractivity contribution in [1.29, 1.82) is 0 Å². The zero-order valence-corrected chi connectivity index (χ0v) is 8.01. The quantitative estimate of drug-likeness (QED) is 0.766. The Morgan fingerprint density at radius 1 is 1.42 bits per heavy atom. The van der Waals surface area contributed by atoms with Crippen LogP contribution in [0.5, 0.6) is 0 Å². The first-order chi connectivity index (χ1) is 5.74. The van der Waals surface area contributed by atoms with Crippen LogP contribution < -0.4 is 5.73 Å². The van der Waals surface area contributed by atoms with Crippen LogP contribution in [-0.2, 0) is 6.42 Å². The van der Waals surface area contributed by atoms with Crippen molar-refractivity contribution in [3.8, 4) is 0 Å². The lowest BCUT2D eigenvalue weighted by atomic mass is 10.1. The molecule has 0 spiro atoms. The van der Waals surface area contributed by atoms with Crippen molar-refractivity contribution in [2.75, 3.05) is 0 Å². The fourth-order valence-electron chi connectivity index (χ4n) is 1.09. The molecular weight excluding hydrogens is 170 g/mol. The van der Waals surface area contributed by atoms with E-state index in [-0.39, 0.29) is 6.04 Å². The van der Waals surface area contributed by atoms with Gasteiger partial charge < -0.3 is 5.73 Å². The smallest absolute Gasteiger partial charge is 0.0438 e. The van der Waals surface area contributed by atoms with E-state index in [0.717, 1.165) is 23.4 Å². The minimum Gasteiger partial charge on any atom is -0.327 e. The van der Waals surface area contributed by atoms with Crippen LogP contribution in [0, 0.1) is 0 Å². The lowest BCUT2D eigenvalue weighted by molar-refractivity contribution is 0.646. The maximum Gasteiger partial charge on any atom is 0.0438 e. The summed E-state index contributed by atoms with van der Waals surface area (Å²) in [5, 5.41) is 0.821. The van der Waals surface area contributed by atoms with Crippen molar-refractivity contribution in [2.24, 2.45) is 5.73 Å². The zero-order chi connectivity index (χ0) is 8.97. The van der Waals surface area contributed by atoms with E-state index in [4.69, 9.17) is 17.3 Å². The number of rotatable bonds is 3. The number of hydrogen-bond donors (Lipinski definition) is 1. The average Bonchev–Trinajstić information content (AvgIpc) is 2.09. The summed E-state index contributed by atoms with van der Waals surface area (Å²) in [6, 6.07) is 8.08. The van der Waals surface area contributed by atoms with Gasteiger partial charge in [0.05, 0.1) is 0 Å². The molecule has 1 aromatic rings. The Labute approximate surface area is 78.5 Å². The van der Waals surface area contributed by atoms with Crippen LogP contribution in [0.25, 0.3) is 0 Å². The molecular formula is C10H14ClN. The molecule has 1 aromatic carbocycles. The van der Waals surface area contributed by atoms with E-state index in [1.807, 2.05) is 24.3 Å². The number of hydrogen-bond acceptors (Lipinski definition) is 1. The van der Waals surface area contributed by atoms with Crippen molar-refractivity contribution >= 4 is 11.6 Å². The van der Waals surface area contributed by atoms with Crippen LogP contribution in [0.4, 0.5) is 0 Å². The molecule has 0 saturated heterocycles. The molecule has 0 unspecified atom stereocenters. The molecule has 0 saturated carbocycles. The second kappa shape index (κ2) is 4.48. The van der Waals surface area contributed by atoms with Gasteiger partial charge >= 0.3 is 0 Å². The van der Waals surface area contributed by atoms with Crippen LogP contribution in [0.3, 0.4) is 0 Å². The molecule has 0 radical (unpaired) electrons. The largest absolute Gasteiger partial charge is 0.327 e. The highest BCUT2D eigenvalue weighted by Gasteiger charge is 2.03. The summed E-state index contributed by atoms with van der Waals surface area (Å²) in [5.74, 6) is 0. The molecule has 0 heterocycles. The van der Waals surface area contributed by atoms with Crippen LogP contribution in [0.2, 0.25) is 5.02 Å². The molecule has 66 valence electrons. The third kappa shape index (κ3) is 2.50. The summed E-state index contributed by atoms with van der Waals surface area (Å²) in [6.45, 7) is 2.08. The van der Waals surface area contributed by atoms with Gasteiger partial charge in [-0.3, -0.25) is 0 Å². The van der Waals surface area contributed by atoms with Crippen LogP contribution in [0.15, 0.2) is 24.3 Å². The van der Waals surface area contributed by atoms with Crippen molar-refractivity contribution in [1.82, 2.24) is 0 Å². The normalized spacial score (nSPS) is 12.9. The third-order valence-electron chi connectivity index (χ3n) is 1.96. The van der Waals surface area contributed by atoms with Crippen molar-refractivity contribution < 1.29 is 0 Å². The van der Waals surface area contributed by atoms with Crippen LogP contribution in [0.1, 0.15) is 18.9 Å². The lowest BCUT2D eigenvalue weighted by Crippen LogP contribution is -2.21. The minimum absolute atomic E-state index is 0.227. The van der Waals surface area contributed by atoms with E-state index in [1.54, 1.807) is 0 Å². The molecule has 0 fully saturated rings. The molecule has 0 amide bonds. The number of benzene rings is 1. The predicted molar refractivity (Wildman–Crippen MR) is 53.4 cm³/mol. The number of halogens is 1. The molecule has 1 atom stereocenters. The van der Waals surface area contributed by atoms with E-state index < -0.39 is 0 Å². The van der Waals surface area contributed by atoms with Gasteiger partial charge in [0.25, 0.3) is 0 Å². The average molecular weight is 184 g/mol. The molecule has 0 aliphatic heterocycles. The molecule has 0 aliphatic rings. The second-order valence-electron chi connectivity index (χ2n) is 2.96. The fraction of sp³-hybridized carbons (Fsp3) is 0.400. The van der Waals surface area contributed by atoms with Crippen molar-refractivity contribution in [3.63, 3.8) is 0 Å². The Hall–Kier alpha value is -0.530. The third-order valence-corrected chi connectivity index (χ3v) is 2.33. The fourth-order valence-corrected chi connectivity index (χ4v) is 1.30. The van der Waals surface area contributed by atoms with E-state index in [1.165, 1.54) is 0 Å². The SMILES string of the molecule is CC[C@@H](N)Cc1ccccc1Cl. The van der Waals surface area contributed by atoms with Gasteiger partial charge in [0.1, 0.15) is 0 Å². The number of nitrogens with two attached hydrogens (primary N) is 1. The summed E-state index contributed by atoms with van der Waals surface area (Å²) < 4.78 is 0. The molecule has 12 heavy (non-hydrogen) atoms. The zero-order valence-electron chi connectivity index (χ0n) is 7.26. The molecule has 0 aliphatic carbocycles. The molecule has 1 nitrogen and oxygen atoms in total. The Balaban J connectivity index is 2.69. The first-order valence-corrected chi connectivity index (χ1v) is 4.60. The summed E-state index contributed by atoms with van der Waals surface area (Å²) in [7, 11) is 0. The van der Waals surface area contributed by atoms with Gasteiger partial charge in [-0.1, -0.05) is 36.7 Å². The Morgan fingerprint density at radius 2 is 2.08 bits per heavy atom. The van der Waals surface area contributed by atoms with Crippen LogP contribution >= 0.6 is 11.6 Å². The van der Waals surface area contributed by atoms with E-state index in [2.05, 4.69) is 6.92 Å². The molecule has 2 heteroatoms. The highest BCUT2D eigenvalue weighted by molar-refractivity contribution is 6.31. The molecule has 0 aromatic heterocycles. The lowest BCUT2D eigenvalue weighted by Gasteiger charge is -2.09. The summed E-state index contributed by atoms with van der Waals surface area (Å²) >= 11 is 5.97.